The van der Waals surface area contributed by atoms with E-state index in [-0.39, 0.29) is 11.3 Å². The molecule has 2 atom stereocenters. The summed E-state index contributed by atoms with van der Waals surface area (Å²) in [5, 5.41) is 10.7. The van der Waals surface area contributed by atoms with E-state index in [9.17, 15) is 14.9 Å². The van der Waals surface area contributed by atoms with Gasteiger partial charge in [-0.05, 0) is 12.1 Å². The number of ether oxygens (including phenoxy) is 1. The lowest BCUT2D eigenvalue weighted by Crippen LogP contribution is -2.30. The van der Waals surface area contributed by atoms with Gasteiger partial charge >= 0.3 is 5.97 Å². The number of esters is 1. The van der Waals surface area contributed by atoms with Crippen LogP contribution in [0.25, 0.3) is 0 Å². The van der Waals surface area contributed by atoms with Crippen molar-refractivity contribution in [3.63, 3.8) is 0 Å². The van der Waals surface area contributed by atoms with Gasteiger partial charge in [0.25, 0.3) is 0 Å². The number of nitrogens with zero attached hydrogens (tertiary/aromatic N) is 1. The van der Waals surface area contributed by atoms with E-state index >= 15 is 0 Å². The van der Waals surface area contributed by atoms with Gasteiger partial charge in [-0.2, -0.15) is 0 Å². The fourth-order valence-electron chi connectivity index (χ4n) is 1.90. The molecule has 5 nitrogen and oxygen atoms in total. The summed E-state index contributed by atoms with van der Waals surface area (Å²) < 4.78 is 5.17. The number of carbonyl (C=O) groups excluding carboxylic acids is 1. The first-order valence-electron chi connectivity index (χ1n) is 5.73. The summed E-state index contributed by atoms with van der Waals surface area (Å²) in [5.74, 6) is -0.516. The van der Waals surface area contributed by atoms with Gasteiger partial charge in [-0.1, -0.05) is 30.4 Å². The molecule has 2 unspecified atom stereocenters. The van der Waals surface area contributed by atoms with Crippen LogP contribution in [0.15, 0.2) is 42.5 Å². The number of rotatable bonds is 3. The second-order valence-electron chi connectivity index (χ2n) is 4.18. The minimum atomic E-state index is -0.691. The van der Waals surface area contributed by atoms with Crippen LogP contribution in [0.2, 0.25) is 0 Å². The molecule has 1 aromatic carbocycles. The van der Waals surface area contributed by atoms with Gasteiger partial charge in [0.1, 0.15) is 5.75 Å². The van der Waals surface area contributed by atoms with Gasteiger partial charge in [-0.25, -0.2) is 0 Å². The van der Waals surface area contributed by atoms with E-state index in [4.69, 9.17) is 4.74 Å². The molecule has 0 saturated carbocycles. The molecule has 1 aromatic rings. The summed E-state index contributed by atoms with van der Waals surface area (Å²) in [7, 11) is 0. The third kappa shape index (κ3) is 2.94. The molecule has 94 valence electrons. The van der Waals surface area contributed by atoms with Crippen molar-refractivity contribution in [3.8, 4) is 5.75 Å². The molecule has 18 heavy (non-hydrogen) atoms. The number of benzene rings is 1. The molecule has 0 amide bonds. The van der Waals surface area contributed by atoms with Crippen molar-refractivity contribution in [1.29, 1.82) is 0 Å². The summed E-state index contributed by atoms with van der Waals surface area (Å²) in [6.07, 6.45) is 3.94. The zero-order valence-electron chi connectivity index (χ0n) is 9.69. The summed E-state index contributed by atoms with van der Waals surface area (Å²) >= 11 is 0. The molecular formula is C13H13NO4. The first kappa shape index (κ1) is 12.3. The smallest absolute Gasteiger partial charge is 0.318 e. The van der Waals surface area contributed by atoms with Crippen molar-refractivity contribution in [3.05, 3.63) is 52.6 Å². The van der Waals surface area contributed by atoms with Crippen LogP contribution in [0.3, 0.4) is 0 Å². The van der Waals surface area contributed by atoms with E-state index in [0.29, 0.717) is 12.2 Å². The number of carbonyl (C=O) groups is 1. The number of hydrogen-bond donors (Lipinski definition) is 0. The van der Waals surface area contributed by atoms with Gasteiger partial charge < -0.3 is 4.74 Å². The average molecular weight is 247 g/mol. The molecule has 1 aliphatic rings. The molecule has 0 aromatic heterocycles. The topological polar surface area (TPSA) is 69.4 Å². The molecule has 1 aliphatic carbocycles. The highest BCUT2D eigenvalue weighted by atomic mass is 16.6. The van der Waals surface area contributed by atoms with E-state index in [1.165, 1.54) is 0 Å². The molecule has 0 spiro atoms. The molecule has 0 bridgehead atoms. The fraction of sp³-hybridized carbons (Fsp3) is 0.308. The third-order valence-electron chi connectivity index (χ3n) is 2.87. The normalized spacial score (nSPS) is 22.4. The van der Waals surface area contributed by atoms with Crippen LogP contribution in [0.4, 0.5) is 0 Å². The lowest BCUT2D eigenvalue weighted by atomic mass is 9.92. The highest BCUT2D eigenvalue weighted by Gasteiger charge is 2.31. The lowest BCUT2D eigenvalue weighted by Gasteiger charge is -2.18. The van der Waals surface area contributed by atoms with Gasteiger partial charge in [0, 0.05) is 17.8 Å². The molecule has 0 radical (unpaired) electrons. The Balaban J connectivity index is 1.99. The summed E-state index contributed by atoms with van der Waals surface area (Å²) in [5.41, 5.74) is 0. The van der Waals surface area contributed by atoms with Crippen molar-refractivity contribution >= 4 is 5.97 Å². The van der Waals surface area contributed by atoms with E-state index in [2.05, 4.69) is 0 Å². The molecule has 0 fully saturated rings. The SMILES string of the molecule is O=C(Oc1ccccc1)C1C=CCC([N+](=O)[O-])C1. The number of nitro groups is 1. The van der Waals surface area contributed by atoms with Crippen LogP contribution in [0, 0.1) is 16.0 Å². The highest BCUT2D eigenvalue weighted by Crippen LogP contribution is 2.22. The van der Waals surface area contributed by atoms with Gasteiger partial charge in [-0.15, -0.1) is 0 Å². The van der Waals surface area contributed by atoms with Crippen molar-refractivity contribution in [2.75, 3.05) is 0 Å². The van der Waals surface area contributed by atoms with Crippen molar-refractivity contribution in [2.45, 2.75) is 18.9 Å². The molecule has 5 heteroatoms. The van der Waals surface area contributed by atoms with Gasteiger partial charge in [0.15, 0.2) is 0 Å². The maximum Gasteiger partial charge on any atom is 0.318 e. The maximum absolute atomic E-state index is 11.8. The average Bonchev–Trinajstić information content (AvgIpc) is 2.40. The minimum Gasteiger partial charge on any atom is -0.426 e. The van der Waals surface area contributed by atoms with Gasteiger partial charge in [0.05, 0.1) is 5.92 Å². The van der Waals surface area contributed by atoms with Crippen LogP contribution in [-0.2, 0) is 4.79 Å². The zero-order valence-corrected chi connectivity index (χ0v) is 9.69. The number of para-hydroxylation sites is 1. The Morgan fingerprint density at radius 3 is 2.72 bits per heavy atom. The van der Waals surface area contributed by atoms with E-state index < -0.39 is 17.9 Å². The Labute approximate surface area is 104 Å². The zero-order chi connectivity index (χ0) is 13.0. The molecular weight excluding hydrogens is 234 g/mol. The number of hydrogen-bond acceptors (Lipinski definition) is 4. The third-order valence-corrected chi connectivity index (χ3v) is 2.87. The summed E-state index contributed by atoms with van der Waals surface area (Å²) in [6, 6.07) is 8.01. The highest BCUT2D eigenvalue weighted by molar-refractivity contribution is 5.77. The second kappa shape index (κ2) is 5.44. The van der Waals surface area contributed by atoms with E-state index in [0.717, 1.165) is 0 Å². The monoisotopic (exact) mass is 247 g/mol. The Kier molecular flexibility index (Phi) is 3.72. The molecule has 0 heterocycles. The Bertz CT molecular complexity index is 469. The lowest BCUT2D eigenvalue weighted by molar-refractivity contribution is -0.523. The first-order chi connectivity index (χ1) is 8.66. The Morgan fingerprint density at radius 2 is 2.06 bits per heavy atom. The summed E-state index contributed by atoms with van der Waals surface area (Å²) in [4.78, 5) is 22.2. The van der Waals surface area contributed by atoms with E-state index in [1.807, 2.05) is 6.07 Å². The van der Waals surface area contributed by atoms with Crippen molar-refractivity contribution in [1.82, 2.24) is 0 Å². The quantitative estimate of drug-likeness (QED) is 0.270. The summed E-state index contributed by atoms with van der Waals surface area (Å²) in [6.45, 7) is 0. The van der Waals surface area contributed by atoms with Crippen molar-refractivity contribution in [2.24, 2.45) is 5.92 Å². The largest absolute Gasteiger partial charge is 0.426 e. The van der Waals surface area contributed by atoms with Gasteiger partial charge in [-0.3, -0.25) is 14.9 Å². The van der Waals surface area contributed by atoms with Crippen LogP contribution in [0.5, 0.6) is 5.75 Å². The van der Waals surface area contributed by atoms with E-state index in [1.54, 1.807) is 36.4 Å². The molecule has 0 N–H and O–H groups in total. The molecule has 0 aliphatic heterocycles. The van der Waals surface area contributed by atoms with Crippen molar-refractivity contribution < 1.29 is 14.5 Å². The van der Waals surface area contributed by atoms with Crippen LogP contribution < -0.4 is 4.74 Å². The molecule has 0 saturated heterocycles. The van der Waals surface area contributed by atoms with Crippen LogP contribution in [0.1, 0.15) is 12.8 Å². The molecule has 2 rings (SSSR count). The second-order valence-corrected chi connectivity index (χ2v) is 4.18. The fourth-order valence-corrected chi connectivity index (χ4v) is 1.90. The van der Waals surface area contributed by atoms with Crippen LogP contribution >= 0.6 is 0 Å². The minimum absolute atomic E-state index is 0.204. The Hall–Kier alpha value is -2.17. The van der Waals surface area contributed by atoms with Crippen LogP contribution in [-0.4, -0.2) is 16.9 Å². The standard InChI is InChI=1S/C13H13NO4/c15-13(18-12-7-2-1-3-8-12)10-5-4-6-11(9-10)14(16)17/h1-5,7-8,10-11H,6,9H2. The predicted molar refractivity (Wildman–Crippen MR) is 64.7 cm³/mol. The Morgan fingerprint density at radius 1 is 1.33 bits per heavy atom. The first-order valence-corrected chi connectivity index (χ1v) is 5.73. The van der Waals surface area contributed by atoms with Gasteiger partial charge in [0.2, 0.25) is 6.04 Å². The predicted octanol–water partition coefficient (Wildman–Crippen LogP) is 2.20. The maximum atomic E-state index is 11.8.